The molecule has 0 saturated carbocycles. The molecule has 0 bridgehead atoms. The van der Waals surface area contributed by atoms with Gasteiger partial charge < -0.3 is 4.98 Å². The standard InChI is InChI=1S/C17H23N/c1-13-12-16(14-8-6-5-7-9-14)18-15(13)10-11-17(2,3)4/h5-9,12,18H,10-11H2,1-4H3. The van der Waals surface area contributed by atoms with Crippen molar-refractivity contribution >= 4 is 0 Å². The Kier molecular flexibility index (Phi) is 3.60. The lowest BCUT2D eigenvalue weighted by molar-refractivity contribution is 0.376. The third kappa shape index (κ3) is 3.25. The number of aryl methyl sites for hydroxylation is 2. The zero-order valence-corrected chi connectivity index (χ0v) is 11.9. The first-order valence-corrected chi connectivity index (χ1v) is 6.70. The summed E-state index contributed by atoms with van der Waals surface area (Å²) in [6.45, 7) is 9.08. The van der Waals surface area contributed by atoms with E-state index in [9.17, 15) is 0 Å². The molecule has 0 spiro atoms. The summed E-state index contributed by atoms with van der Waals surface area (Å²) in [5.41, 5.74) is 5.64. The highest BCUT2D eigenvalue weighted by molar-refractivity contribution is 5.61. The van der Waals surface area contributed by atoms with Gasteiger partial charge in [-0.15, -0.1) is 0 Å². The molecule has 0 fully saturated rings. The molecule has 0 aliphatic heterocycles. The normalized spacial score (nSPS) is 11.8. The average molecular weight is 241 g/mol. The van der Waals surface area contributed by atoms with Crippen LogP contribution in [-0.4, -0.2) is 4.98 Å². The second-order valence-corrected chi connectivity index (χ2v) is 6.27. The van der Waals surface area contributed by atoms with Crippen molar-refractivity contribution in [3.8, 4) is 11.3 Å². The Balaban J connectivity index is 2.17. The van der Waals surface area contributed by atoms with Gasteiger partial charge in [0, 0.05) is 11.4 Å². The number of rotatable bonds is 3. The molecular formula is C17H23N. The van der Waals surface area contributed by atoms with Crippen LogP contribution in [0.3, 0.4) is 0 Å². The number of aromatic amines is 1. The molecule has 0 aliphatic rings. The topological polar surface area (TPSA) is 15.8 Å². The van der Waals surface area contributed by atoms with E-state index in [1.807, 2.05) is 0 Å². The summed E-state index contributed by atoms with van der Waals surface area (Å²) in [5.74, 6) is 0. The monoisotopic (exact) mass is 241 g/mol. The highest BCUT2D eigenvalue weighted by atomic mass is 14.7. The van der Waals surface area contributed by atoms with Gasteiger partial charge in [-0.05, 0) is 42.4 Å². The molecule has 0 saturated heterocycles. The van der Waals surface area contributed by atoms with Crippen LogP contribution in [0.2, 0.25) is 0 Å². The Morgan fingerprint density at radius 3 is 2.33 bits per heavy atom. The minimum Gasteiger partial charge on any atom is -0.358 e. The molecule has 0 radical (unpaired) electrons. The van der Waals surface area contributed by atoms with E-state index in [4.69, 9.17) is 0 Å². The SMILES string of the molecule is Cc1cc(-c2ccccc2)[nH]c1CCC(C)(C)C. The van der Waals surface area contributed by atoms with Crippen molar-refractivity contribution in [2.45, 2.75) is 40.5 Å². The van der Waals surface area contributed by atoms with E-state index in [-0.39, 0.29) is 0 Å². The summed E-state index contributed by atoms with van der Waals surface area (Å²) in [6.07, 6.45) is 2.34. The van der Waals surface area contributed by atoms with Gasteiger partial charge in [0.15, 0.2) is 0 Å². The van der Waals surface area contributed by atoms with Gasteiger partial charge in [-0.2, -0.15) is 0 Å². The molecule has 18 heavy (non-hydrogen) atoms. The number of benzene rings is 1. The van der Waals surface area contributed by atoms with Crippen LogP contribution in [0.5, 0.6) is 0 Å². The van der Waals surface area contributed by atoms with Crippen molar-refractivity contribution in [2.24, 2.45) is 5.41 Å². The fraction of sp³-hybridized carbons (Fsp3) is 0.412. The molecule has 0 amide bonds. The van der Waals surface area contributed by atoms with Gasteiger partial charge in [-0.25, -0.2) is 0 Å². The fourth-order valence-electron chi connectivity index (χ4n) is 2.13. The Bertz CT molecular complexity index is 500. The molecule has 2 aromatic rings. The number of nitrogens with one attached hydrogen (secondary N) is 1. The van der Waals surface area contributed by atoms with Crippen LogP contribution >= 0.6 is 0 Å². The summed E-state index contributed by atoms with van der Waals surface area (Å²) >= 11 is 0. The van der Waals surface area contributed by atoms with Gasteiger partial charge in [-0.3, -0.25) is 0 Å². The van der Waals surface area contributed by atoms with E-state index in [1.54, 1.807) is 0 Å². The van der Waals surface area contributed by atoms with Gasteiger partial charge >= 0.3 is 0 Å². The molecule has 1 N–H and O–H groups in total. The largest absolute Gasteiger partial charge is 0.358 e. The highest BCUT2D eigenvalue weighted by Crippen LogP contribution is 2.25. The maximum atomic E-state index is 3.57. The number of hydrogen-bond donors (Lipinski definition) is 1. The Labute approximate surface area is 110 Å². The predicted molar refractivity (Wildman–Crippen MR) is 78.7 cm³/mol. The summed E-state index contributed by atoms with van der Waals surface area (Å²) in [4.78, 5) is 3.57. The van der Waals surface area contributed by atoms with Crippen molar-refractivity contribution in [1.82, 2.24) is 4.98 Å². The van der Waals surface area contributed by atoms with E-state index in [1.165, 1.54) is 28.9 Å². The fourth-order valence-corrected chi connectivity index (χ4v) is 2.13. The van der Waals surface area contributed by atoms with E-state index in [2.05, 4.69) is 69.1 Å². The molecule has 1 heteroatoms. The van der Waals surface area contributed by atoms with Gasteiger partial charge in [0.2, 0.25) is 0 Å². The van der Waals surface area contributed by atoms with Gasteiger partial charge in [0.1, 0.15) is 0 Å². The van der Waals surface area contributed by atoms with E-state index in [0.29, 0.717) is 5.41 Å². The van der Waals surface area contributed by atoms with E-state index in [0.717, 1.165) is 6.42 Å². The maximum absolute atomic E-state index is 3.57. The van der Waals surface area contributed by atoms with Crippen LogP contribution in [0, 0.1) is 12.3 Å². The second kappa shape index (κ2) is 5.01. The summed E-state index contributed by atoms with van der Waals surface area (Å²) < 4.78 is 0. The van der Waals surface area contributed by atoms with Crippen LogP contribution < -0.4 is 0 Å². The van der Waals surface area contributed by atoms with Crippen molar-refractivity contribution in [1.29, 1.82) is 0 Å². The molecule has 1 heterocycles. The average Bonchev–Trinajstić information content (AvgIpc) is 2.68. The van der Waals surface area contributed by atoms with Crippen molar-refractivity contribution < 1.29 is 0 Å². The quantitative estimate of drug-likeness (QED) is 0.781. The van der Waals surface area contributed by atoms with Gasteiger partial charge in [0.05, 0.1) is 0 Å². The van der Waals surface area contributed by atoms with Crippen LogP contribution in [0.15, 0.2) is 36.4 Å². The van der Waals surface area contributed by atoms with Crippen LogP contribution in [0.1, 0.15) is 38.4 Å². The number of aromatic nitrogens is 1. The first-order valence-electron chi connectivity index (χ1n) is 6.70. The Morgan fingerprint density at radius 1 is 1.06 bits per heavy atom. The van der Waals surface area contributed by atoms with Crippen LogP contribution in [-0.2, 0) is 6.42 Å². The summed E-state index contributed by atoms with van der Waals surface area (Å²) in [7, 11) is 0. The first-order chi connectivity index (χ1) is 8.46. The Hall–Kier alpha value is -1.50. The molecule has 0 atom stereocenters. The van der Waals surface area contributed by atoms with Gasteiger partial charge in [0.25, 0.3) is 0 Å². The third-order valence-corrected chi connectivity index (χ3v) is 3.33. The van der Waals surface area contributed by atoms with Crippen molar-refractivity contribution in [3.05, 3.63) is 47.7 Å². The lowest BCUT2D eigenvalue weighted by Crippen LogP contribution is -2.06. The van der Waals surface area contributed by atoms with E-state index >= 15 is 0 Å². The summed E-state index contributed by atoms with van der Waals surface area (Å²) in [6, 6.07) is 12.8. The Morgan fingerprint density at radius 2 is 1.72 bits per heavy atom. The molecule has 1 nitrogen and oxygen atoms in total. The third-order valence-electron chi connectivity index (χ3n) is 3.33. The van der Waals surface area contributed by atoms with E-state index < -0.39 is 0 Å². The molecule has 96 valence electrons. The smallest absolute Gasteiger partial charge is 0.0458 e. The van der Waals surface area contributed by atoms with Gasteiger partial charge in [-0.1, -0.05) is 51.1 Å². The minimum atomic E-state index is 0.393. The molecule has 0 aliphatic carbocycles. The maximum Gasteiger partial charge on any atom is 0.0458 e. The second-order valence-electron chi connectivity index (χ2n) is 6.27. The number of H-pyrrole nitrogens is 1. The lowest BCUT2D eigenvalue weighted by atomic mass is 9.89. The zero-order valence-electron chi connectivity index (χ0n) is 11.9. The van der Waals surface area contributed by atoms with Crippen molar-refractivity contribution in [3.63, 3.8) is 0 Å². The van der Waals surface area contributed by atoms with Crippen LogP contribution in [0.4, 0.5) is 0 Å². The lowest BCUT2D eigenvalue weighted by Gasteiger charge is -2.17. The molecule has 0 unspecified atom stereocenters. The van der Waals surface area contributed by atoms with Crippen molar-refractivity contribution in [2.75, 3.05) is 0 Å². The minimum absolute atomic E-state index is 0.393. The molecular weight excluding hydrogens is 218 g/mol. The molecule has 1 aromatic heterocycles. The molecule has 2 rings (SSSR count). The molecule has 1 aromatic carbocycles. The number of hydrogen-bond acceptors (Lipinski definition) is 0. The zero-order chi connectivity index (χ0) is 13.2. The first kappa shape index (κ1) is 12.9. The van der Waals surface area contributed by atoms with Crippen LogP contribution in [0.25, 0.3) is 11.3 Å². The highest BCUT2D eigenvalue weighted by Gasteiger charge is 2.12. The predicted octanol–water partition coefficient (Wildman–Crippen LogP) is 4.97. The summed E-state index contributed by atoms with van der Waals surface area (Å²) in [5, 5.41) is 0.